The van der Waals surface area contributed by atoms with Gasteiger partial charge < -0.3 is 15.2 Å². The number of fused-ring (bicyclic) bond motifs is 3. The molecule has 2 N–H and O–H groups in total. The Hall–Kier alpha value is -2.46. The lowest BCUT2D eigenvalue weighted by atomic mass is 9.76. The van der Waals surface area contributed by atoms with E-state index >= 15 is 0 Å². The number of aromatic carboxylic acids is 1. The maximum absolute atomic E-state index is 11.4. The minimum Gasteiger partial charge on any atom is -0.497 e. The number of halogens is 1. The Kier molecular flexibility index (Phi) is 3.92. The molecule has 0 saturated carbocycles. The fourth-order valence-corrected chi connectivity index (χ4v) is 4.20. The number of ether oxygens (including phenoxy) is 1. The van der Waals surface area contributed by atoms with Crippen LogP contribution in [-0.2, 0) is 0 Å². The summed E-state index contributed by atoms with van der Waals surface area (Å²) >= 11 is 6.41. The standard InChI is InChI=1S/C20H18ClNO3/c1-25-13-7-5-11(6-8-13)18-15-4-2-3-14(15)16-9-12(20(23)24)10-17(21)19(16)22-18/h2-3,5-10,14-15,18,22H,4H2,1H3,(H,23,24)/t14-,15+,18-/m0/s1. The molecule has 0 unspecified atom stereocenters. The fraction of sp³-hybridized carbons (Fsp3) is 0.250. The van der Waals surface area contributed by atoms with Gasteiger partial charge in [-0.25, -0.2) is 4.79 Å². The summed E-state index contributed by atoms with van der Waals surface area (Å²) in [7, 11) is 1.65. The van der Waals surface area contributed by atoms with Gasteiger partial charge in [-0.15, -0.1) is 0 Å². The highest BCUT2D eigenvalue weighted by molar-refractivity contribution is 6.33. The van der Waals surface area contributed by atoms with E-state index in [1.165, 1.54) is 11.6 Å². The molecule has 4 rings (SSSR count). The molecule has 2 aromatic carbocycles. The topological polar surface area (TPSA) is 58.6 Å². The van der Waals surface area contributed by atoms with Crippen molar-refractivity contribution in [3.63, 3.8) is 0 Å². The molecule has 1 aliphatic heterocycles. The summed E-state index contributed by atoms with van der Waals surface area (Å²) < 4.78 is 5.24. The lowest BCUT2D eigenvalue weighted by molar-refractivity contribution is 0.0696. The van der Waals surface area contributed by atoms with Crippen molar-refractivity contribution in [2.45, 2.75) is 18.4 Å². The van der Waals surface area contributed by atoms with Gasteiger partial charge in [-0.2, -0.15) is 0 Å². The van der Waals surface area contributed by atoms with Crippen LogP contribution in [0.15, 0.2) is 48.6 Å². The number of allylic oxidation sites excluding steroid dienone is 2. The average molecular weight is 356 g/mol. The summed E-state index contributed by atoms with van der Waals surface area (Å²) in [5.74, 6) is 0.367. The second-order valence-corrected chi connectivity index (χ2v) is 6.88. The highest BCUT2D eigenvalue weighted by Crippen LogP contribution is 2.51. The van der Waals surface area contributed by atoms with Gasteiger partial charge >= 0.3 is 5.97 Å². The first-order valence-electron chi connectivity index (χ1n) is 8.22. The van der Waals surface area contributed by atoms with Gasteiger partial charge in [0.15, 0.2) is 0 Å². The van der Waals surface area contributed by atoms with Crippen molar-refractivity contribution in [1.82, 2.24) is 0 Å². The normalized spacial score (nSPS) is 23.5. The predicted octanol–water partition coefficient (Wildman–Crippen LogP) is 4.87. The van der Waals surface area contributed by atoms with Crippen LogP contribution in [0.25, 0.3) is 0 Å². The molecular formula is C20H18ClNO3. The predicted molar refractivity (Wildman–Crippen MR) is 97.8 cm³/mol. The van der Waals surface area contributed by atoms with E-state index in [2.05, 4.69) is 29.6 Å². The van der Waals surface area contributed by atoms with Gasteiger partial charge in [0.2, 0.25) is 0 Å². The number of benzene rings is 2. The molecule has 0 amide bonds. The van der Waals surface area contributed by atoms with Crippen molar-refractivity contribution in [2.75, 3.05) is 12.4 Å². The van der Waals surface area contributed by atoms with Crippen molar-refractivity contribution in [3.05, 3.63) is 70.3 Å². The number of anilines is 1. The lowest BCUT2D eigenvalue weighted by Gasteiger charge is -2.38. The molecule has 2 aliphatic rings. The molecule has 4 nitrogen and oxygen atoms in total. The number of nitrogens with one attached hydrogen (secondary N) is 1. The van der Waals surface area contributed by atoms with E-state index < -0.39 is 5.97 Å². The molecule has 1 heterocycles. The monoisotopic (exact) mass is 355 g/mol. The van der Waals surface area contributed by atoms with Gasteiger partial charge in [0.1, 0.15) is 5.75 Å². The Balaban J connectivity index is 1.78. The SMILES string of the molecule is COc1ccc([C@@H]2Nc3c(Cl)cc(C(=O)O)cc3[C@H]3C=CC[C@H]32)cc1. The number of carboxylic acids is 1. The molecule has 0 spiro atoms. The largest absolute Gasteiger partial charge is 0.497 e. The highest BCUT2D eigenvalue weighted by atomic mass is 35.5. The summed E-state index contributed by atoms with van der Waals surface area (Å²) in [5, 5.41) is 13.3. The van der Waals surface area contributed by atoms with E-state index in [9.17, 15) is 9.90 Å². The zero-order valence-corrected chi connectivity index (χ0v) is 14.5. The zero-order chi connectivity index (χ0) is 17.6. The van der Waals surface area contributed by atoms with Gasteiger partial charge in [-0.1, -0.05) is 35.9 Å². The van der Waals surface area contributed by atoms with Crippen molar-refractivity contribution in [2.24, 2.45) is 5.92 Å². The first kappa shape index (κ1) is 16.0. The quantitative estimate of drug-likeness (QED) is 0.771. The smallest absolute Gasteiger partial charge is 0.335 e. The van der Waals surface area contributed by atoms with Crippen LogP contribution >= 0.6 is 11.6 Å². The van der Waals surface area contributed by atoms with Crippen molar-refractivity contribution in [1.29, 1.82) is 0 Å². The Labute approximate surface area is 151 Å². The Morgan fingerprint density at radius 2 is 2.04 bits per heavy atom. The van der Waals surface area contributed by atoms with Crippen LogP contribution in [0, 0.1) is 5.92 Å². The third-order valence-electron chi connectivity index (χ3n) is 5.14. The van der Waals surface area contributed by atoms with E-state index in [1.807, 2.05) is 12.1 Å². The van der Waals surface area contributed by atoms with Crippen LogP contribution in [-0.4, -0.2) is 18.2 Å². The molecule has 128 valence electrons. The van der Waals surface area contributed by atoms with Crippen LogP contribution in [0.4, 0.5) is 5.69 Å². The molecule has 0 aromatic heterocycles. The van der Waals surface area contributed by atoms with Gasteiger partial charge in [0.25, 0.3) is 0 Å². The molecule has 5 heteroatoms. The van der Waals surface area contributed by atoms with Gasteiger partial charge in [-0.05, 0) is 47.7 Å². The van der Waals surface area contributed by atoms with Crippen molar-refractivity contribution >= 4 is 23.3 Å². The average Bonchev–Trinajstić information content (AvgIpc) is 3.11. The summed E-state index contributed by atoms with van der Waals surface area (Å²) in [4.78, 5) is 11.4. The number of methoxy groups -OCH3 is 1. The van der Waals surface area contributed by atoms with E-state index in [0.717, 1.165) is 23.4 Å². The molecule has 0 radical (unpaired) electrons. The molecule has 25 heavy (non-hydrogen) atoms. The molecule has 1 aliphatic carbocycles. The highest BCUT2D eigenvalue weighted by Gasteiger charge is 2.39. The first-order valence-corrected chi connectivity index (χ1v) is 8.60. The second-order valence-electron chi connectivity index (χ2n) is 6.48. The number of hydrogen-bond acceptors (Lipinski definition) is 3. The van der Waals surface area contributed by atoms with E-state index in [1.54, 1.807) is 13.2 Å². The van der Waals surface area contributed by atoms with Gasteiger partial charge in [0, 0.05) is 5.92 Å². The van der Waals surface area contributed by atoms with Crippen molar-refractivity contribution < 1.29 is 14.6 Å². The van der Waals surface area contributed by atoms with Crippen LogP contribution in [0.2, 0.25) is 5.02 Å². The maximum Gasteiger partial charge on any atom is 0.335 e. The second kappa shape index (κ2) is 6.12. The molecule has 2 aromatic rings. The Bertz CT molecular complexity index is 860. The van der Waals surface area contributed by atoms with Crippen LogP contribution in [0.3, 0.4) is 0 Å². The summed E-state index contributed by atoms with van der Waals surface area (Å²) in [6.45, 7) is 0. The molecule has 0 saturated heterocycles. The number of hydrogen-bond donors (Lipinski definition) is 2. The molecule has 0 bridgehead atoms. The minimum absolute atomic E-state index is 0.117. The Morgan fingerprint density at radius 3 is 2.72 bits per heavy atom. The van der Waals surface area contributed by atoms with Crippen LogP contribution < -0.4 is 10.1 Å². The summed E-state index contributed by atoms with van der Waals surface area (Å²) in [6.07, 6.45) is 5.29. The van der Waals surface area contributed by atoms with Gasteiger partial charge in [-0.3, -0.25) is 0 Å². The van der Waals surface area contributed by atoms with Crippen LogP contribution in [0.5, 0.6) is 5.75 Å². The first-order chi connectivity index (χ1) is 12.1. The molecule has 3 atom stereocenters. The maximum atomic E-state index is 11.4. The van der Waals surface area contributed by atoms with E-state index in [4.69, 9.17) is 16.3 Å². The van der Waals surface area contributed by atoms with Gasteiger partial charge in [0.05, 0.1) is 29.4 Å². The summed E-state index contributed by atoms with van der Waals surface area (Å²) in [5.41, 5.74) is 3.20. The molecular weight excluding hydrogens is 338 g/mol. The number of carbonyl (C=O) groups is 1. The Morgan fingerprint density at radius 1 is 1.28 bits per heavy atom. The number of carboxylic acid groups (broad SMARTS) is 1. The zero-order valence-electron chi connectivity index (χ0n) is 13.7. The van der Waals surface area contributed by atoms with E-state index in [-0.39, 0.29) is 17.5 Å². The van der Waals surface area contributed by atoms with E-state index in [0.29, 0.717) is 10.9 Å². The van der Waals surface area contributed by atoms with Crippen LogP contribution in [0.1, 0.15) is 39.9 Å². The lowest BCUT2D eigenvalue weighted by Crippen LogP contribution is -2.29. The fourth-order valence-electron chi connectivity index (χ4n) is 3.92. The minimum atomic E-state index is -0.958. The third kappa shape index (κ3) is 2.67. The molecule has 0 fully saturated rings. The third-order valence-corrected chi connectivity index (χ3v) is 5.44. The summed E-state index contributed by atoms with van der Waals surface area (Å²) in [6, 6.07) is 11.4. The number of rotatable bonds is 3. The van der Waals surface area contributed by atoms with Crippen molar-refractivity contribution in [3.8, 4) is 5.75 Å².